The second-order valence-electron chi connectivity index (χ2n) is 7.12. The highest BCUT2D eigenvalue weighted by Gasteiger charge is 2.16. The first-order valence-electron chi connectivity index (χ1n) is 9.81. The Balaban J connectivity index is 1.69. The van der Waals surface area contributed by atoms with Crippen LogP contribution >= 0.6 is 0 Å². The molecule has 0 aliphatic carbocycles. The highest BCUT2D eigenvalue weighted by atomic mass is 16.5. The summed E-state index contributed by atoms with van der Waals surface area (Å²) in [5.41, 5.74) is 10.6. The minimum absolute atomic E-state index is 0.0284. The Hall–Kier alpha value is -3.64. The maximum absolute atomic E-state index is 9.28. The fourth-order valence-corrected chi connectivity index (χ4v) is 3.28. The molecule has 0 fully saturated rings. The molecule has 0 bridgehead atoms. The summed E-state index contributed by atoms with van der Waals surface area (Å²) >= 11 is 0. The van der Waals surface area contributed by atoms with Crippen molar-refractivity contribution in [2.45, 2.75) is 20.0 Å². The fraction of sp³-hybridized carbons (Fsp3) is 0.167. The zero-order chi connectivity index (χ0) is 20.9. The van der Waals surface area contributed by atoms with Gasteiger partial charge in [-0.3, -0.25) is 4.40 Å². The van der Waals surface area contributed by atoms with Crippen LogP contribution in [0.1, 0.15) is 18.3 Å². The lowest BCUT2D eigenvalue weighted by molar-refractivity contribution is 0.306. The molecule has 4 rings (SSSR count). The first-order chi connectivity index (χ1) is 14.7. The van der Waals surface area contributed by atoms with Crippen LogP contribution in [0.15, 0.2) is 78.6 Å². The van der Waals surface area contributed by atoms with Crippen LogP contribution in [0.3, 0.4) is 0 Å². The van der Waals surface area contributed by atoms with Crippen LogP contribution in [0.2, 0.25) is 0 Å². The summed E-state index contributed by atoms with van der Waals surface area (Å²) in [6, 6.07) is 17.9. The van der Waals surface area contributed by atoms with E-state index in [4.69, 9.17) is 15.5 Å². The Bertz CT molecular complexity index is 1180. The van der Waals surface area contributed by atoms with Crippen molar-refractivity contribution < 1.29 is 9.84 Å². The summed E-state index contributed by atoms with van der Waals surface area (Å²) in [4.78, 5) is 9.09. The number of hydrogen-bond acceptors (Lipinski definition) is 5. The molecule has 3 N–H and O–H groups in total. The molecule has 0 saturated heterocycles. The topological polar surface area (TPSA) is 85.7 Å². The predicted octanol–water partition coefficient (Wildman–Crippen LogP) is 4.04. The molecule has 0 atom stereocenters. The van der Waals surface area contributed by atoms with Crippen molar-refractivity contribution in [1.29, 1.82) is 0 Å². The number of nitrogens with zero attached hydrogens (tertiary/aromatic N) is 3. The van der Waals surface area contributed by atoms with E-state index >= 15 is 0 Å². The molecule has 0 aliphatic heterocycles. The van der Waals surface area contributed by atoms with E-state index in [0.717, 1.165) is 39.5 Å². The quantitative estimate of drug-likeness (QED) is 0.457. The van der Waals surface area contributed by atoms with Gasteiger partial charge in [0, 0.05) is 24.4 Å². The van der Waals surface area contributed by atoms with Crippen molar-refractivity contribution in [3.63, 3.8) is 0 Å². The monoisotopic (exact) mass is 400 g/mol. The second kappa shape index (κ2) is 8.80. The van der Waals surface area contributed by atoms with Crippen molar-refractivity contribution in [3.8, 4) is 17.0 Å². The van der Waals surface area contributed by atoms with Crippen LogP contribution in [0.25, 0.3) is 16.8 Å². The van der Waals surface area contributed by atoms with Crippen LogP contribution < -0.4 is 10.5 Å². The average molecular weight is 400 g/mol. The summed E-state index contributed by atoms with van der Waals surface area (Å²) in [6.45, 7) is 2.41. The molecule has 0 saturated carbocycles. The van der Waals surface area contributed by atoms with E-state index in [1.165, 1.54) is 0 Å². The van der Waals surface area contributed by atoms with E-state index in [0.29, 0.717) is 18.8 Å². The third-order valence-electron chi connectivity index (χ3n) is 4.89. The summed E-state index contributed by atoms with van der Waals surface area (Å²) in [5, 5.41) is 9.28. The van der Waals surface area contributed by atoms with Crippen LogP contribution in [0, 0.1) is 0 Å². The Kier molecular flexibility index (Phi) is 5.77. The maximum Gasteiger partial charge on any atom is 0.150 e. The zero-order valence-corrected chi connectivity index (χ0v) is 16.8. The van der Waals surface area contributed by atoms with Gasteiger partial charge in [-0.1, -0.05) is 54.1 Å². The molecule has 152 valence electrons. The minimum Gasteiger partial charge on any atom is -0.489 e. The molecule has 2 heterocycles. The molecule has 30 heavy (non-hydrogen) atoms. The number of aliphatic hydroxyl groups is 1. The van der Waals surface area contributed by atoms with E-state index < -0.39 is 0 Å². The summed E-state index contributed by atoms with van der Waals surface area (Å²) in [6.07, 6.45) is 6.07. The Morgan fingerprint density at radius 3 is 2.80 bits per heavy atom. The van der Waals surface area contributed by atoms with Gasteiger partial charge in [0.2, 0.25) is 0 Å². The highest BCUT2D eigenvalue weighted by molar-refractivity contribution is 5.85. The Labute approximate surface area is 175 Å². The lowest BCUT2D eigenvalue weighted by atomic mass is 10.1. The number of allylic oxidation sites excluding steroid dienone is 1. The van der Waals surface area contributed by atoms with E-state index in [9.17, 15) is 5.11 Å². The predicted molar refractivity (Wildman–Crippen MR) is 118 cm³/mol. The number of imidazole rings is 1. The molecule has 6 heteroatoms. The average Bonchev–Trinajstić information content (AvgIpc) is 3.17. The number of rotatable bonds is 7. The zero-order valence-electron chi connectivity index (χ0n) is 16.8. The molecule has 4 aromatic rings. The van der Waals surface area contributed by atoms with Gasteiger partial charge in [0.25, 0.3) is 0 Å². The molecule has 0 unspecified atom stereocenters. The highest BCUT2D eigenvalue weighted by Crippen LogP contribution is 2.30. The van der Waals surface area contributed by atoms with Gasteiger partial charge in [-0.15, -0.1) is 0 Å². The van der Waals surface area contributed by atoms with Gasteiger partial charge in [-0.05, 0) is 24.6 Å². The largest absolute Gasteiger partial charge is 0.489 e. The second-order valence-corrected chi connectivity index (χ2v) is 7.12. The van der Waals surface area contributed by atoms with E-state index in [1.807, 2.05) is 78.2 Å². The lowest BCUT2D eigenvalue weighted by Crippen LogP contribution is -1.98. The first kappa shape index (κ1) is 19.7. The molecule has 2 aromatic heterocycles. The summed E-state index contributed by atoms with van der Waals surface area (Å²) < 4.78 is 7.93. The SMILES string of the molecule is C/C(=C\Cc1nc(-c2cccc(OCc3ccccc3)c2)c2c(N)nccn12)CO. The molecule has 2 aromatic carbocycles. The standard InChI is InChI=1S/C24H24N4O2/c1-17(15-29)10-11-21-27-22(23-24(25)26-12-13-28(21)23)19-8-5-9-20(14-19)30-16-18-6-3-2-4-7-18/h2-10,12-14,29H,11,15-16H2,1H3,(H2,25,26)/b17-10+. The lowest BCUT2D eigenvalue weighted by Gasteiger charge is -2.08. The van der Waals surface area contributed by atoms with Crippen molar-refractivity contribution in [1.82, 2.24) is 14.4 Å². The third kappa shape index (κ3) is 4.18. The molecule has 6 nitrogen and oxygen atoms in total. The van der Waals surface area contributed by atoms with Crippen molar-refractivity contribution >= 4 is 11.3 Å². The number of ether oxygens (including phenoxy) is 1. The number of anilines is 1. The fourth-order valence-electron chi connectivity index (χ4n) is 3.28. The smallest absolute Gasteiger partial charge is 0.150 e. The van der Waals surface area contributed by atoms with E-state index in [2.05, 4.69) is 4.98 Å². The molecule has 0 radical (unpaired) electrons. The molecular weight excluding hydrogens is 376 g/mol. The summed E-state index contributed by atoms with van der Waals surface area (Å²) in [7, 11) is 0. The van der Waals surface area contributed by atoms with Crippen LogP contribution in [-0.4, -0.2) is 26.1 Å². The molecule has 0 spiro atoms. The molecule has 0 amide bonds. The van der Waals surface area contributed by atoms with Gasteiger partial charge in [-0.25, -0.2) is 9.97 Å². The van der Waals surface area contributed by atoms with Crippen molar-refractivity contribution in [2.75, 3.05) is 12.3 Å². The van der Waals surface area contributed by atoms with Gasteiger partial charge in [0.05, 0.1) is 6.61 Å². The molecule has 0 aliphatic rings. The Morgan fingerprint density at radius 2 is 2.00 bits per heavy atom. The van der Waals surface area contributed by atoms with Gasteiger partial charge in [0.15, 0.2) is 0 Å². The number of fused-ring (bicyclic) bond motifs is 1. The third-order valence-corrected chi connectivity index (χ3v) is 4.89. The normalized spacial score (nSPS) is 11.7. The van der Waals surface area contributed by atoms with Crippen LogP contribution in [-0.2, 0) is 13.0 Å². The number of aromatic nitrogens is 3. The number of aliphatic hydroxyl groups excluding tert-OH is 1. The van der Waals surface area contributed by atoms with Crippen molar-refractivity contribution in [2.24, 2.45) is 0 Å². The number of nitrogen functional groups attached to an aromatic ring is 1. The van der Waals surface area contributed by atoms with Crippen molar-refractivity contribution in [3.05, 3.63) is 90.0 Å². The number of benzene rings is 2. The van der Waals surface area contributed by atoms with Crippen LogP contribution in [0.4, 0.5) is 5.82 Å². The van der Waals surface area contributed by atoms with E-state index in [-0.39, 0.29) is 6.61 Å². The summed E-state index contributed by atoms with van der Waals surface area (Å²) in [5.74, 6) is 2.01. The number of nitrogens with two attached hydrogens (primary N) is 1. The maximum atomic E-state index is 9.28. The molecular formula is C24H24N4O2. The van der Waals surface area contributed by atoms with Gasteiger partial charge >= 0.3 is 0 Å². The Morgan fingerprint density at radius 1 is 1.17 bits per heavy atom. The minimum atomic E-state index is 0.0284. The van der Waals surface area contributed by atoms with Gasteiger partial charge in [0.1, 0.15) is 35.2 Å². The first-order valence-corrected chi connectivity index (χ1v) is 9.81. The number of hydrogen-bond donors (Lipinski definition) is 2. The van der Waals surface area contributed by atoms with Crippen LogP contribution in [0.5, 0.6) is 5.75 Å². The van der Waals surface area contributed by atoms with Gasteiger partial charge in [-0.2, -0.15) is 0 Å². The van der Waals surface area contributed by atoms with E-state index in [1.54, 1.807) is 6.20 Å². The van der Waals surface area contributed by atoms with Gasteiger partial charge < -0.3 is 15.6 Å².